The highest BCUT2D eigenvalue weighted by Crippen LogP contribution is 2.15. The minimum absolute atomic E-state index is 0.635. The molecule has 0 saturated carbocycles. The minimum Gasteiger partial charge on any atom is -0.316 e. The second-order valence-corrected chi connectivity index (χ2v) is 4.90. The van der Waals surface area contributed by atoms with E-state index in [0.29, 0.717) is 11.8 Å². The van der Waals surface area contributed by atoms with Crippen molar-refractivity contribution < 1.29 is 0 Å². The molecule has 1 atom stereocenters. The second-order valence-electron chi connectivity index (χ2n) is 4.90. The van der Waals surface area contributed by atoms with Crippen LogP contribution < -0.4 is 5.32 Å². The molecule has 0 bridgehead atoms. The highest BCUT2D eigenvalue weighted by molar-refractivity contribution is 4.88. The fourth-order valence-corrected chi connectivity index (χ4v) is 1.95. The third-order valence-corrected chi connectivity index (χ3v) is 3.22. The van der Waals surface area contributed by atoms with Crippen molar-refractivity contribution in [3.63, 3.8) is 0 Å². The van der Waals surface area contributed by atoms with Crippen LogP contribution in [0, 0.1) is 11.8 Å². The summed E-state index contributed by atoms with van der Waals surface area (Å²) in [6.07, 6.45) is 3.87. The predicted octanol–water partition coefficient (Wildman–Crippen LogP) is 2.11. The first kappa shape index (κ1) is 14.2. The van der Waals surface area contributed by atoms with E-state index in [4.69, 9.17) is 0 Å². The van der Waals surface area contributed by atoms with Crippen LogP contribution in [0.25, 0.3) is 0 Å². The van der Waals surface area contributed by atoms with Crippen molar-refractivity contribution in [2.24, 2.45) is 11.8 Å². The molecular weight excluding hydrogens is 212 g/mol. The van der Waals surface area contributed by atoms with E-state index in [-0.39, 0.29) is 0 Å². The fourth-order valence-electron chi connectivity index (χ4n) is 1.95. The molecule has 0 spiro atoms. The Morgan fingerprint density at radius 1 is 1.35 bits per heavy atom. The van der Waals surface area contributed by atoms with Crippen LogP contribution in [0.15, 0.2) is 6.33 Å². The van der Waals surface area contributed by atoms with Gasteiger partial charge in [0.25, 0.3) is 0 Å². The molecule has 1 aromatic heterocycles. The van der Waals surface area contributed by atoms with Gasteiger partial charge in [0.1, 0.15) is 12.2 Å². The lowest BCUT2D eigenvalue weighted by Crippen LogP contribution is -2.29. The maximum atomic E-state index is 4.36. The summed E-state index contributed by atoms with van der Waals surface area (Å²) >= 11 is 0. The zero-order valence-electron chi connectivity index (χ0n) is 11.6. The third-order valence-electron chi connectivity index (χ3n) is 3.22. The van der Waals surface area contributed by atoms with Gasteiger partial charge in [0.2, 0.25) is 0 Å². The number of aryl methyl sites for hydroxylation is 1. The van der Waals surface area contributed by atoms with Gasteiger partial charge in [-0.2, -0.15) is 5.10 Å². The van der Waals surface area contributed by atoms with Gasteiger partial charge in [-0.3, -0.25) is 4.68 Å². The predicted molar refractivity (Wildman–Crippen MR) is 70.9 cm³/mol. The highest BCUT2D eigenvalue weighted by atomic mass is 15.3. The summed E-state index contributed by atoms with van der Waals surface area (Å²) in [5, 5.41) is 7.74. The van der Waals surface area contributed by atoms with E-state index >= 15 is 0 Å². The average Bonchev–Trinajstić information content (AvgIpc) is 2.75. The van der Waals surface area contributed by atoms with Crippen molar-refractivity contribution in [1.29, 1.82) is 0 Å². The third kappa shape index (κ3) is 4.46. The molecule has 0 aliphatic heterocycles. The molecule has 4 nitrogen and oxygen atoms in total. The normalized spacial score (nSPS) is 13.2. The van der Waals surface area contributed by atoms with Gasteiger partial charge in [-0.15, -0.1) is 0 Å². The number of rotatable bonds is 8. The van der Waals surface area contributed by atoms with E-state index in [1.54, 1.807) is 6.33 Å². The molecule has 1 unspecified atom stereocenters. The molecule has 0 fully saturated rings. The van der Waals surface area contributed by atoms with E-state index < -0.39 is 0 Å². The zero-order chi connectivity index (χ0) is 12.7. The van der Waals surface area contributed by atoms with Crippen LogP contribution in [0.3, 0.4) is 0 Å². The van der Waals surface area contributed by atoms with E-state index in [1.165, 1.54) is 6.42 Å². The molecule has 17 heavy (non-hydrogen) atoms. The molecule has 0 radical (unpaired) electrons. The Labute approximate surface area is 105 Å². The molecule has 1 rings (SSSR count). The first-order valence-electron chi connectivity index (χ1n) is 6.76. The standard InChI is InChI=1S/C13H26N4/c1-5-7-14-9-12(11(3)4)8-13-15-10-16-17(13)6-2/h10-12,14H,5-9H2,1-4H3. The van der Waals surface area contributed by atoms with Gasteiger partial charge in [0.15, 0.2) is 0 Å². The Kier molecular flexibility index (Phi) is 6.19. The maximum absolute atomic E-state index is 4.36. The molecular formula is C13H26N4. The zero-order valence-corrected chi connectivity index (χ0v) is 11.6. The topological polar surface area (TPSA) is 42.7 Å². The Bertz CT molecular complexity index is 306. The summed E-state index contributed by atoms with van der Waals surface area (Å²) in [6.45, 7) is 12.0. The van der Waals surface area contributed by atoms with Crippen LogP contribution in [0.1, 0.15) is 39.9 Å². The summed E-state index contributed by atoms with van der Waals surface area (Å²) in [4.78, 5) is 4.36. The van der Waals surface area contributed by atoms with Crippen molar-refractivity contribution in [1.82, 2.24) is 20.1 Å². The first-order valence-corrected chi connectivity index (χ1v) is 6.76. The van der Waals surface area contributed by atoms with Gasteiger partial charge < -0.3 is 5.32 Å². The van der Waals surface area contributed by atoms with Gasteiger partial charge in [0, 0.05) is 13.0 Å². The number of nitrogens with one attached hydrogen (secondary N) is 1. The molecule has 98 valence electrons. The van der Waals surface area contributed by atoms with Crippen molar-refractivity contribution in [2.75, 3.05) is 13.1 Å². The highest BCUT2D eigenvalue weighted by Gasteiger charge is 2.16. The summed E-state index contributed by atoms with van der Waals surface area (Å²) in [6, 6.07) is 0. The summed E-state index contributed by atoms with van der Waals surface area (Å²) in [5.41, 5.74) is 0. The van der Waals surface area contributed by atoms with Crippen LogP contribution >= 0.6 is 0 Å². The molecule has 0 amide bonds. The number of hydrogen-bond acceptors (Lipinski definition) is 3. The summed E-state index contributed by atoms with van der Waals surface area (Å²) in [5.74, 6) is 2.42. The quantitative estimate of drug-likeness (QED) is 0.705. The molecule has 0 saturated heterocycles. The van der Waals surface area contributed by atoms with Gasteiger partial charge in [0.05, 0.1) is 0 Å². The van der Waals surface area contributed by atoms with Gasteiger partial charge in [-0.25, -0.2) is 4.98 Å². The van der Waals surface area contributed by atoms with E-state index in [9.17, 15) is 0 Å². The average molecular weight is 238 g/mol. The second kappa shape index (κ2) is 7.43. The number of aromatic nitrogens is 3. The SMILES string of the molecule is CCCNCC(Cc1ncnn1CC)C(C)C. The lowest BCUT2D eigenvalue weighted by molar-refractivity contribution is 0.349. The fraction of sp³-hybridized carbons (Fsp3) is 0.846. The van der Waals surface area contributed by atoms with E-state index in [1.807, 2.05) is 4.68 Å². The van der Waals surface area contributed by atoms with Crippen LogP contribution in [0.4, 0.5) is 0 Å². The van der Waals surface area contributed by atoms with Crippen LogP contribution in [-0.4, -0.2) is 27.9 Å². The Morgan fingerprint density at radius 2 is 2.12 bits per heavy atom. The first-order chi connectivity index (χ1) is 8.19. The Hall–Kier alpha value is -0.900. The molecule has 4 heteroatoms. The van der Waals surface area contributed by atoms with Gasteiger partial charge in [-0.05, 0) is 38.3 Å². The van der Waals surface area contributed by atoms with Crippen molar-refractivity contribution in [2.45, 2.75) is 47.1 Å². The van der Waals surface area contributed by atoms with Crippen molar-refractivity contribution >= 4 is 0 Å². The number of nitrogens with zero attached hydrogens (tertiary/aromatic N) is 3. The molecule has 0 aliphatic carbocycles. The van der Waals surface area contributed by atoms with Gasteiger partial charge >= 0.3 is 0 Å². The number of hydrogen-bond donors (Lipinski definition) is 1. The van der Waals surface area contributed by atoms with Crippen molar-refractivity contribution in [3.8, 4) is 0 Å². The Morgan fingerprint density at radius 3 is 2.71 bits per heavy atom. The molecule has 0 aromatic carbocycles. The van der Waals surface area contributed by atoms with Crippen LogP contribution in [-0.2, 0) is 13.0 Å². The van der Waals surface area contributed by atoms with E-state index in [0.717, 1.165) is 31.9 Å². The molecule has 0 aliphatic rings. The van der Waals surface area contributed by atoms with Crippen LogP contribution in [0.2, 0.25) is 0 Å². The van der Waals surface area contributed by atoms with E-state index in [2.05, 4.69) is 43.1 Å². The van der Waals surface area contributed by atoms with Crippen LogP contribution in [0.5, 0.6) is 0 Å². The maximum Gasteiger partial charge on any atom is 0.138 e. The lowest BCUT2D eigenvalue weighted by atomic mass is 9.92. The Balaban J connectivity index is 2.54. The minimum atomic E-state index is 0.635. The summed E-state index contributed by atoms with van der Waals surface area (Å²) < 4.78 is 2.00. The monoisotopic (exact) mass is 238 g/mol. The van der Waals surface area contributed by atoms with Gasteiger partial charge in [-0.1, -0.05) is 20.8 Å². The van der Waals surface area contributed by atoms with Crippen molar-refractivity contribution in [3.05, 3.63) is 12.2 Å². The lowest BCUT2D eigenvalue weighted by Gasteiger charge is -2.21. The molecule has 1 N–H and O–H groups in total. The summed E-state index contributed by atoms with van der Waals surface area (Å²) in [7, 11) is 0. The molecule has 1 heterocycles. The smallest absolute Gasteiger partial charge is 0.138 e. The molecule has 1 aromatic rings. The largest absolute Gasteiger partial charge is 0.316 e.